The third kappa shape index (κ3) is 3.26. The summed E-state index contributed by atoms with van der Waals surface area (Å²) in [6.45, 7) is 1.97. The molecule has 0 saturated carbocycles. The SMILES string of the molecule is O=C(ON1C(=O)CCC1O)N1CCN(c2cc3n(n2)-c2ccc(F)cc2CC3)CC1. The molecule has 1 aromatic carbocycles. The van der Waals surface area contributed by atoms with Gasteiger partial charge in [-0.15, -0.1) is 5.06 Å². The number of hydroxylamine groups is 2. The lowest BCUT2D eigenvalue weighted by Gasteiger charge is -2.34. The summed E-state index contributed by atoms with van der Waals surface area (Å²) in [6.07, 6.45) is 0.296. The smallest absolute Gasteiger partial charge is 0.370 e. The number of aryl methyl sites for hydroxylation is 2. The number of anilines is 1. The molecule has 3 aliphatic rings. The third-order valence-electron chi connectivity index (χ3n) is 5.86. The predicted molar refractivity (Wildman–Crippen MR) is 103 cm³/mol. The van der Waals surface area contributed by atoms with Crippen LogP contribution >= 0.6 is 0 Å². The molecule has 10 heteroatoms. The van der Waals surface area contributed by atoms with Crippen LogP contribution in [0.4, 0.5) is 15.0 Å². The molecular weight excluding hydrogens is 393 g/mol. The minimum absolute atomic E-state index is 0.170. The van der Waals surface area contributed by atoms with Crippen LogP contribution in [0.25, 0.3) is 5.69 Å². The molecule has 1 atom stereocenters. The molecule has 1 aromatic heterocycles. The highest BCUT2D eigenvalue weighted by Gasteiger charge is 2.35. The quantitative estimate of drug-likeness (QED) is 0.793. The second kappa shape index (κ2) is 7.28. The van der Waals surface area contributed by atoms with Crippen LogP contribution in [0.5, 0.6) is 0 Å². The Bertz CT molecular complexity index is 1000. The van der Waals surface area contributed by atoms with Gasteiger partial charge >= 0.3 is 6.09 Å². The summed E-state index contributed by atoms with van der Waals surface area (Å²) in [6, 6.07) is 6.80. The molecule has 3 aliphatic heterocycles. The van der Waals surface area contributed by atoms with Crippen molar-refractivity contribution in [2.75, 3.05) is 31.1 Å². The first kappa shape index (κ1) is 18.9. The predicted octanol–water partition coefficient (Wildman–Crippen LogP) is 1.22. The van der Waals surface area contributed by atoms with Crippen molar-refractivity contribution in [2.45, 2.75) is 31.9 Å². The van der Waals surface area contributed by atoms with Crippen molar-refractivity contribution in [1.29, 1.82) is 0 Å². The van der Waals surface area contributed by atoms with Crippen LogP contribution in [-0.2, 0) is 22.5 Å². The van der Waals surface area contributed by atoms with Gasteiger partial charge in [0.15, 0.2) is 12.0 Å². The number of rotatable bonds is 2. The minimum atomic E-state index is -1.07. The van der Waals surface area contributed by atoms with E-state index in [0.29, 0.717) is 26.2 Å². The zero-order valence-corrected chi connectivity index (χ0v) is 16.3. The molecule has 0 aliphatic carbocycles. The number of aromatic nitrogens is 2. The molecule has 4 heterocycles. The van der Waals surface area contributed by atoms with Gasteiger partial charge in [-0.1, -0.05) is 0 Å². The number of nitrogens with zero attached hydrogens (tertiary/aromatic N) is 5. The molecule has 2 aromatic rings. The maximum atomic E-state index is 13.5. The Balaban J connectivity index is 1.24. The third-order valence-corrected chi connectivity index (χ3v) is 5.86. The molecule has 0 spiro atoms. The van der Waals surface area contributed by atoms with Crippen LogP contribution in [0, 0.1) is 5.82 Å². The Labute approximate surface area is 172 Å². The number of fused-ring (bicyclic) bond motifs is 3. The molecule has 0 bridgehead atoms. The first-order valence-electron chi connectivity index (χ1n) is 10.1. The first-order chi connectivity index (χ1) is 14.5. The molecule has 0 radical (unpaired) electrons. The fourth-order valence-electron chi connectivity index (χ4n) is 4.19. The van der Waals surface area contributed by atoms with E-state index in [-0.39, 0.29) is 18.7 Å². The second-order valence-electron chi connectivity index (χ2n) is 7.75. The summed E-state index contributed by atoms with van der Waals surface area (Å²) in [5, 5.41) is 15.2. The highest BCUT2D eigenvalue weighted by atomic mass is 19.1. The van der Waals surface area contributed by atoms with Gasteiger partial charge in [-0.3, -0.25) is 4.79 Å². The van der Waals surface area contributed by atoms with Crippen LogP contribution in [0.2, 0.25) is 0 Å². The topological polar surface area (TPSA) is 91.1 Å². The number of benzene rings is 1. The van der Waals surface area contributed by atoms with Crippen molar-refractivity contribution in [3.63, 3.8) is 0 Å². The van der Waals surface area contributed by atoms with Crippen molar-refractivity contribution >= 4 is 17.8 Å². The van der Waals surface area contributed by atoms with Gasteiger partial charge in [0, 0.05) is 50.8 Å². The van der Waals surface area contributed by atoms with Crippen molar-refractivity contribution in [3.05, 3.63) is 41.3 Å². The zero-order chi connectivity index (χ0) is 20.8. The summed E-state index contributed by atoms with van der Waals surface area (Å²) in [5.74, 6) is 0.189. The molecule has 2 saturated heterocycles. The van der Waals surface area contributed by atoms with E-state index in [1.54, 1.807) is 12.1 Å². The Morgan fingerprint density at radius 2 is 1.93 bits per heavy atom. The standard InChI is InChI=1S/C20H22FN5O4/c21-14-2-4-16-13(11-14)1-3-15-12-17(22-25(15)16)23-7-9-24(10-8-23)20(29)30-26-18(27)5-6-19(26)28/h2,4,11-12,18,27H,1,3,5-10H2. The van der Waals surface area contributed by atoms with Crippen LogP contribution in [0.15, 0.2) is 24.3 Å². The van der Waals surface area contributed by atoms with Gasteiger partial charge in [0.05, 0.1) is 5.69 Å². The lowest BCUT2D eigenvalue weighted by atomic mass is 10.0. The van der Waals surface area contributed by atoms with E-state index < -0.39 is 18.2 Å². The molecular formula is C20H22FN5O4. The first-order valence-corrected chi connectivity index (χ1v) is 10.1. The summed E-state index contributed by atoms with van der Waals surface area (Å²) < 4.78 is 15.4. The molecule has 2 amide bonds. The summed E-state index contributed by atoms with van der Waals surface area (Å²) in [5.41, 5.74) is 2.93. The number of halogens is 1. The van der Waals surface area contributed by atoms with Crippen LogP contribution in [0.3, 0.4) is 0 Å². The van der Waals surface area contributed by atoms with E-state index in [9.17, 15) is 19.1 Å². The number of carbonyl (C=O) groups is 2. The number of hydrogen-bond acceptors (Lipinski definition) is 6. The zero-order valence-electron chi connectivity index (χ0n) is 16.3. The van der Waals surface area contributed by atoms with Gasteiger partial charge in [-0.2, -0.15) is 5.10 Å². The lowest BCUT2D eigenvalue weighted by Crippen LogP contribution is -2.51. The maximum absolute atomic E-state index is 13.5. The van der Waals surface area contributed by atoms with Crippen molar-refractivity contribution in [1.82, 2.24) is 19.7 Å². The Morgan fingerprint density at radius 1 is 1.13 bits per heavy atom. The molecule has 2 fully saturated rings. The fraction of sp³-hybridized carbons (Fsp3) is 0.450. The highest BCUT2D eigenvalue weighted by molar-refractivity contribution is 5.79. The molecule has 30 heavy (non-hydrogen) atoms. The average Bonchev–Trinajstić information content (AvgIpc) is 3.32. The number of amides is 2. The van der Waals surface area contributed by atoms with Crippen molar-refractivity contribution < 1.29 is 23.9 Å². The monoisotopic (exact) mass is 415 g/mol. The molecule has 1 unspecified atom stereocenters. The molecule has 1 N–H and O–H groups in total. The largest absolute Gasteiger partial charge is 0.434 e. The van der Waals surface area contributed by atoms with Crippen molar-refractivity contribution in [3.8, 4) is 5.69 Å². The molecule has 158 valence electrons. The normalized spacial score (nSPS) is 20.9. The Hall–Kier alpha value is -3.14. The van der Waals surface area contributed by atoms with Gasteiger partial charge in [0.1, 0.15) is 5.82 Å². The number of hydrogen-bond donors (Lipinski definition) is 1. The maximum Gasteiger partial charge on any atom is 0.434 e. The molecule has 5 rings (SSSR count). The summed E-state index contributed by atoms with van der Waals surface area (Å²) >= 11 is 0. The van der Waals surface area contributed by atoms with E-state index in [1.165, 1.54) is 11.0 Å². The van der Waals surface area contributed by atoms with E-state index in [4.69, 9.17) is 9.94 Å². The number of carbonyl (C=O) groups excluding carboxylic acids is 2. The van der Waals surface area contributed by atoms with E-state index in [0.717, 1.165) is 40.7 Å². The van der Waals surface area contributed by atoms with Gasteiger partial charge in [-0.25, -0.2) is 13.9 Å². The Kier molecular flexibility index (Phi) is 4.58. The van der Waals surface area contributed by atoms with Gasteiger partial charge < -0.3 is 19.7 Å². The highest BCUT2D eigenvalue weighted by Crippen LogP contribution is 2.28. The van der Waals surface area contributed by atoms with Gasteiger partial charge in [0.25, 0.3) is 5.91 Å². The fourth-order valence-corrected chi connectivity index (χ4v) is 4.19. The number of aliphatic hydroxyl groups excluding tert-OH is 1. The number of piperazine rings is 1. The lowest BCUT2D eigenvalue weighted by molar-refractivity contribution is -0.193. The van der Waals surface area contributed by atoms with Crippen LogP contribution in [-0.4, -0.2) is 69.3 Å². The summed E-state index contributed by atoms with van der Waals surface area (Å²) in [4.78, 5) is 32.7. The second-order valence-corrected chi connectivity index (χ2v) is 7.75. The van der Waals surface area contributed by atoms with Crippen molar-refractivity contribution in [2.24, 2.45) is 0 Å². The average molecular weight is 415 g/mol. The Morgan fingerprint density at radius 3 is 2.67 bits per heavy atom. The van der Waals surface area contributed by atoms with E-state index in [1.807, 2.05) is 10.7 Å². The number of aliphatic hydroxyl groups is 1. The van der Waals surface area contributed by atoms with Gasteiger partial charge in [0.2, 0.25) is 0 Å². The van der Waals surface area contributed by atoms with E-state index >= 15 is 0 Å². The van der Waals surface area contributed by atoms with Gasteiger partial charge in [-0.05, 0) is 36.6 Å². The van der Waals surface area contributed by atoms with E-state index in [2.05, 4.69) is 4.90 Å². The van der Waals surface area contributed by atoms with Crippen LogP contribution in [0.1, 0.15) is 24.1 Å². The van der Waals surface area contributed by atoms with Crippen LogP contribution < -0.4 is 4.90 Å². The summed E-state index contributed by atoms with van der Waals surface area (Å²) in [7, 11) is 0. The minimum Gasteiger partial charge on any atom is -0.370 e. The molecule has 9 nitrogen and oxygen atoms in total.